The van der Waals surface area contributed by atoms with Crippen LogP contribution in [-0.4, -0.2) is 29.5 Å². The van der Waals surface area contributed by atoms with Crippen LogP contribution < -0.4 is 9.47 Å². The molecule has 0 amide bonds. The number of phenols is 3. The Bertz CT molecular complexity index is 677. The van der Waals surface area contributed by atoms with Gasteiger partial charge in [0.15, 0.2) is 23.0 Å². The Kier molecular flexibility index (Phi) is 4.23. The zero-order chi connectivity index (χ0) is 15.4. The molecular weight excluding hydrogens is 272 g/mol. The highest BCUT2D eigenvalue weighted by molar-refractivity contribution is 5.73. The van der Waals surface area contributed by atoms with Crippen LogP contribution in [0.1, 0.15) is 11.1 Å². The summed E-state index contributed by atoms with van der Waals surface area (Å²) < 4.78 is 10.2. The van der Waals surface area contributed by atoms with Crippen LogP contribution in [0.25, 0.3) is 12.2 Å². The van der Waals surface area contributed by atoms with Crippen molar-refractivity contribution in [2.24, 2.45) is 0 Å². The topological polar surface area (TPSA) is 79.2 Å². The molecule has 21 heavy (non-hydrogen) atoms. The maximum atomic E-state index is 9.87. The van der Waals surface area contributed by atoms with Gasteiger partial charge in [0.05, 0.1) is 14.2 Å². The number of methoxy groups -OCH3 is 2. The molecule has 0 saturated heterocycles. The molecule has 0 aliphatic rings. The van der Waals surface area contributed by atoms with E-state index in [9.17, 15) is 15.3 Å². The molecular formula is C16H16O5. The van der Waals surface area contributed by atoms with Gasteiger partial charge in [0.2, 0.25) is 5.75 Å². The first-order valence-corrected chi connectivity index (χ1v) is 6.20. The minimum Gasteiger partial charge on any atom is -0.504 e. The van der Waals surface area contributed by atoms with E-state index >= 15 is 0 Å². The third-order valence-electron chi connectivity index (χ3n) is 2.95. The quantitative estimate of drug-likeness (QED) is 0.595. The van der Waals surface area contributed by atoms with E-state index in [1.54, 1.807) is 24.3 Å². The summed E-state index contributed by atoms with van der Waals surface area (Å²) in [6, 6.07) is 7.76. The molecule has 0 aliphatic carbocycles. The highest BCUT2D eigenvalue weighted by Gasteiger charge is 2.10. The average Bonchev–Trinajstić information content (AvgIpc) is 2.47. The van der Waals surface area contributed by atoms with Crippen LogP contribution in [0.3, 0.4) is 0 Å². The first-order chi connectivity index (χ1) is 10.0. The van der Waals surface area contributed by atoms with E-state index in [1.807, 2.05) is 0 Å². The van der Waals surface area contributed by atoms with E-state index in [2.05, 4.69) is 0 Å². The van der Waals surface area contributed by atoms with Crippen molar-refractivity contribution in [3.8, 4) is 28.7 Å². The summed E-state index contributed by atoms with van der Waals surface area (Å²) in [6.45, 7) is 0. The molecule has 0 fully saturated rings. The van der Waals surface area contributed by atoms with Crippen LogP contribution in [-0.2, 0) is 0 Å². The molecule has 0 spiro atoms. The molecule has 0 unspecified atom stereocenters. The van der Waals surface area contributed by atoms with Crippen molar-refractivity contribution >= 4 is 12.2 Å². The van der Waals surface area contributed by atoms with Gasteiger partial charge in [-0.2, -0.15) is 0 Å². The van der Waals surface area contributed by atoms with Crippen molar-refractivity contribution < 1.29 is 24.8 Å². The first-order valence-electron chi connectivity index (χ1n) is 6.20. The summed E-state index contributed by atoms with van der Waals surface area (Å²) in [5, 5.41) is 28.6. The smallest absolute Gasteiger partial charge is 0.203 e. The second kappa shape index (κ2) is 6.09. The van der Waals surface area contributed by atoms with Gasteiger partial charge in [0.1, 0.15) is 0 Å². The number of benzene rings is 2. The second-order valence-corrected chi connectivity index (χ2v) is 4.36. The summed E-state index contributed by atoms with van der Waals surface area (Å²) in [5.74, 6) is 0.316. The summed E-state index contributed by atoms with van der Waals surface area (Å²) >= 11 is 0. The zero-order valence-corrected chi connectivity index (χ0v) is 11.7. The molecule has 5 nitrogen and oxygen atoms in total. The predicted octanol–water partition coefficient (Wildman–Crippen LogP) is 2.99. The highest BCUT2D eigenvalue weighted by Crippen LogP contribution is 2.37. The second-order valence-electron chi connectivity index (χ2n) is 4.36. The maximum Gasteiger partial charge on any atom is 0.203 e. The van der Waals surface area contributed by atoms with Gasteiger partial charge >= 0.3 is 0 Å². The molecule has 5 heteroatoms. The number of rotatable bonds is 4. The van der Waals surface area contributed by atoms with Gasteiger partial charge in [0.25, 0.3) is 0 Å². The maximum absolute atomic E-state index is 9.87. The molecule has 0 atom stereocenters. The van der Waals surface area contributed by atoms with E-state index in [4.69, 9.17) is 9.47 Å². The summed E-state index contributed by atoms with van der Waals surface area (Å²) in [7, 11) is 2.94. The van der Waals surface area contributed by atoms with Gasteiger partial charge in [-0.25, -0.2) is 0 Å². The normalized spacial score (nSPS) is 10.8. The van der Waals surface area contributed by atoms with E-state index in [1.165, 1.54) is 32.4 Å². The van der Waals surface area contributed by atoms with Crippen LogP contribution in [0.5, 0.6) is 28.7 Å². The molecule has 0 aromatic heterocycles. The molecule has 0 heterocycles. The van der Waals surface area contributed by atoms with Gasteiger partial charge in [-0.15, -0.1) is 0 Å². The van der Waals surface area contributed by atoms with Crippen LogP contribution in [0.4, 0.5) is 0 Å². The van der Waals surface area contributed by atoms with E-state index in [-0.39, 0.29) is 23.0 Å². The fourth-order valence-corrected chi connectivity index (χ4v) is 1.90. The Balaban J connectivity index is 2.32. The fourth-order valence-electron chi connectivity index (χ4n) is 1.90. The number of hydrogen-bond donors (Lipinski definition) is 3. The van der Waals surface area contributed by atoms with Gasteiger partial charge in [-0.05, 0) is 35.4 Å². The molecule has 0 radical (unpaired) electrons. The molecule has 2 rings (SSSR count). The SMILES string of the molecule is COc1cc(/C=C\c2ccc(O)c(O)c2)cc(O)c1OC. The highest BCUT2D eigenvalue weighted by atomic mass is 16.5. The lowest BCUT2D eigenvalue weighted by atomic mass is 10.1. The van der Waals surface area contributed by atoms with Crippen molar-refractivity contribution in [2.45, 2.75) is 0 Å². The summed E-state index contributed by atoms with van der Waals surface area (Å²) in [6.07, 6.45) is 3.48. The number of ether oxygens (including phenoxy) is 2. The monoisotopic (exact) mass is 288 g/mol. The Morgan fingerprint density at radius 3 is 2.05 bits per heavy atom. The fraction of sp³-hybridized carbons (Fsp3) is 0.125. The number of phenolic OH excluding ortho intramolecular Hbond substituents is 3. The van der Waals surface area contributed by atoms with Crippen molar-refractivity contribution in [1.82, 2.24) is 0 Å². The molecule has 3 N–H and O–H groups in total. The number of hydrogen-bond acceptors (Lipinski definition) is 5. The molecule has 0 saturated carbocycles. The molecule has 0 bridgehead atoms. The molecule has 0 aliphatic heterocycles. The Morgan fingerprint density at radius 2 is 1.43 bits per heavy atom. The van der Waals surface area contributed by atoms with Crippen molar-refractivity contribution in [1.29, 1.82) is 0 Å². The van der Waals surface area contributed by atoms with Crippen LogP contribution in [0.2, 0.25) is 0 Å². The lowest BCUT2D eigenvalue weighted by Gasteiger charge is -2.10. The van der Waals surface area contributed by atoms with Crippen molar-refractivity contribution in [2.75, 3.05) is 14.2 Å². The van der Waals surface area contributed by atoms with Crippen molar-refractivity contribution in [3.05, 3.63) is 41.5 Å². The largest absolute Gasteiger partial charge is 0.504 e. The predicted molar refractivity (Wildman–Crippen MR) is 79.9 cm³/mol. The zero-order valence-electron chi connectivity index (χ0n) is 11.7. The van der Waals surface area contributed by atoms with Gasteiger partial charge in [-0.3, -0.25) is 0 Å². The van der Waals surface area contributed by atoms with Gasteiger partial charge in [-0.1, -0.05) is 18.2 Å². The van der Waals surface area contributed by atoms with Crippen LogP contribution in [0.15, 0.2) is 30.3 Å². The molecule has 110 valence electrons. The van der Waals surface area contributed by atoms with E-state index in [0.29, 0.717) is 16.9 Å². The van der Waals surface area contributed by atoms with Gasteiger partial charge in [0, 0.05) is 0 Å². The Hall–Kier alpha value is -2.82. The minimum absolute atomic E-state index is 0.0231. The first kappa shape index (κ1) is 14.6. The van der Waals surface area contributed by atoms with Gasteiger partial charge < -0.3 is 24.8 Å². The average molecular weight is 288 g/mol. The molecule has 2 aromatic carbocycles. The number of aromatic hydroxyl groups is 3. The van der Waals surface area contributed by atoms with E-state index < -0.39 is 0 Å². The lowest BCUT2D eigenvalue weighted by molar-refractivity contribution is 0.333. The Morgan fingerprint density at radius 1 is 0.762 bits per heavy atom. The van der Waals surface area contributed by atoms with Crippen molar-refractivity contribution in [3.63, 3.8) is 0 Å². The standard InChI is InChI=1S/C16H16O5/c1-20-15-9-11(8-14(19)16(15)21-2)4-3-10-5-6-12(17)13(18)7-10/h3-9,17-19H,1-2H3/b4-3-. The van der Waals surface area contributed by atoms with Crippen LogP contribution >= 0.6 is 0 Å². The van der Waals surface area contributed by atoms with Crippen LogP contribution in [0, 0.1) is 0 Å². The minimum atomic E-state index is -0.188. The Labute approximate surface area is 122 Å². The third-order valence-corrected chi connectivity index (χ3v) is 2.95. The third kappa shape index (κ3) is 3.20. The molecule has 2 aromatic rings. The summed E-state index contributed by atoms with van der Waals surface area (Å²) in [5.41, 5.74) is 1.41. The summed E-state index contributed by atoms with van der Waals surface area (Å²) in [4.78, 5) is 0. The lowest BCUT2D eigenvalue weighted by Crippen LogP contribution is -1.91. The van der Waals surface area contributed by atoms with E-state index in [0.717, 1.165) is 0 Å².